The zero-order valence-corrected chi connectivity index (χ0v) is 17.2. The van der Waals surface area contributed by atoms with Crippen LogP contribution in [0.5, 0.6) is 0 Å². The minimum atomic E-state index is -0.279. The molecule has 2 atom stereocenters. The van der Waals surface area contributed by atoms with Gasteiger partial charge in [0.05, 0.1) is 28.9 Å². The summed E-state index contributed by atoms with van der Waals surface area (Å²) in [5.74, 6) is -0.111. The Balaban J connectivity index is 1.22. The van der Waals surface area contributed by atoms with Gasteiger partial charge in [0.25, 0.3) is 0 Å². The maximum atomic E-state index is 14.3. The van der Waals surface area contributed by atoms with Gasteiger partial charge in [-0.1, -0.05) is 16.6 Å². The molecule has 0 radical (unpaired) electrons. The standard InChI is InChI=1S/C21H21FN6OS/c22-15-4-2-1-3-13(15)20-14-10-27(8-7-16(14)23-25-20)11-19(29)28-12-5-6-18(28)21-17(9-12)24-26-30-21/h1-4,12,18H,5-11H2,(H,23,25)/t12-,18+/m0/s1. The Hall–Kier alpha value is -2.65. The fraction of sp³-hybridized carbons (Fsp3) is 0.429. The minimum Gasteiger partial charge on any atom is -0.330 e. The third-order valence-electron chi connectivity index (χ3n) is 6.61. The summed E-state index contributed by atoms with van der Waals surface area (Å²) in [5.41, 5.74) is 4.26. The number of H-pyrrole nitrogens is 1. The van der Waals surface area contributed by atoms with Gasteiger partial charge in [0.1, 0.15) is 5.82 Å². The fourth-order valence-corrected chi connectivity index (χ4v) is 6.00. The number of nitrogens with one attached hydrogen (secondary N) is 1. The molecule has 30 heavy (non-hydrogen) atoms. The zero-order chi connectivity index (χ0) is 20.2. The lowest BCUT2D eigenvalue weighted by molar-refractivity contribution is -0.136. The monoisotopic (exact) mass is 424 g/mol. The first-order valence-electron chi connectivity index (χ1n) is 10.3. The first kappa shape index (κ1) is 18.1. The second kappa shape index (κ2) is 6.95. The molecule has 5 heterocycles. The van der Waals surface area contributed by atoms with E-state index >= 15 is 0 Å². The van der Waals surface area contributed by atoms with E-state index in [0.29, 0.717) is 24.3 Å². The van der Waals surface area contributed by atoms with Gasteiger partial charge in [0.15, 0.2) is 0 Å². The lowest BCUT2D eigenvalue weighted by Gasteiger charge is -2.36. The number of fused-ring (bicyclic) bond motifs is 5. The van der Waals surface area contributed by atoms with Crippen molar-refractivity contribution >= 4 is 17.4 Å². The van der Waals surface area contributed by atoms with E-state index in [2.05, 4.69) is 29.6 Å². The molecule has 0 spiro atoms. The van der Waals surface area contributed by atoms with Gasteiger partial charge in [-0.2, -0.15) is 5.10 Å². The summed E-state index contributed by atoms with van der Waals surface area (Å²) in [4.78, 5) is 18.7. The number of carbonyl (C=O) groups excluding carboxylic acids is 1. The first-order valence-corrected chi connectivity index (χ1v) is 11.1. The summed E-state index contributed by atoms with van der Waals surface area (Å²) in [7, 11) is 0. The maximum absolute atomic E-state index is 14.3. The third-order valence-corrected chi connectivity index (χ3v) is 7.48. The van der Waals surface area contributed by atoms with E-state index in [1.165, 1.54) is 17.6 Å². The van der Waals surface area contributed by atoms with Gasteiger partial charge in [-0.05, 0) is 36.5 Å². The van der Waals surface area contributed by atoms with Crippen LogP contribution in [0.3, 0.4) is 0 Å². The predicted octanol–water partition coefficient (Wildman–Crippen LogP) is 2.71. The molecule has 6 rings (SSSR count). The Labute approximate surface area is 177 Å². The highest BCUT2D eigenvalue weighted by atomic mass is 32.1. The number of halogens is 1. The summed E-state index contributed by atoms with van der Waals surface area (Å²) >= 11 is 1.43. The molecule has 0 aliphatic carbocycles. The normalized spacial score (nSPS) is 22.8. The molecule has 0 saturated carbocycles. The molecule has 9 heteroatoms. The molecule has 1 aromatic carbocycles. The number of benzene rings is 1. The van der Waals surface area contributed by atoms with E-state index in [4.69, 9.17) is 0 Å². The van der Waals surface area contributed by atoms with Crippen molar-refractivity contribution in [2.45, 2.75) is 44.3 Å². The van der Waals surface area contributed by atoms with Gasteiger partial charge >= 0.3 is 0 Å². The molecule has 3 aliphatic heterocycles. The van der Waals surface area contributed by atoms with Crippen LogP contribution in [0.1, 0.15) is 40.7 Å². The second-order valence-corrected chi connectivity index (χ2v) is 9.09. The summed E-state index contributed by atoms with van der Waals surface area (Å²) in [6.45, 7) is 1.75. The van der Waals surface area contributed by atoms with Crippen molar-refractivity contribution < 1.29 is 9.18 Å². The predicted molar refractivity (Wildman–Crippen MR) is 109 cm³/mol. The Bertz CT molecular complexity index is 1130. The van der Waals surface area contributed by atoms with Crippen molar-refractivity contribution in [1.29, 1.82) is 0 Å². The van der Waals surface area contributed by atoms with Crippen LogP contribution in [0.25, 0.3) is 11.3 Å². The SMILES string of the molecule is O=C(CN1CCc2[nH]nc(-c3ccccc3F)c2C1)N1[C@H]2CC[C@@H]1c1snnc1C2. The van der Waals surface area contributed by atoms with Crippen LogP contribution in [-0.4, -0.2) is 54.6 Å². The van der Waals surface area contributed by atoms with Crippen molar-refractivity contribution in [3.63, 3.8) is 0 Å². The molecule has 2 bridgehead atoms. The van der Waals surface area contributed by atoms with Crippen molar-refractivity contribution in [3.05, 3.63) is 51.9 Å². The molecule has 1 amide bonds. The summed E-state index contributed by atoms with van der Waals surface area (Å²) in [6.07, 6.45) is 3.62. The molecule has 1 saturated heterocycles. The second-order valence-electron chi connectivity index (χ2n) is 8.31. The number of amides is 1. The van der Waals surface area contributed by atoms with Crippen LogP contribution in [-0.2, 0) is 24.2 Å². The Kier molecular flexibility index (Phi) is 4.21. The van der Waals surface area contributed by atoms with Gasteiger partial charge in [-0.15, -0.1) is 5.10 Å². The average Bonchev–Trinajstić information content (AvgIpc) is 3.46. The van der Waals surface area contributed by atoms with E-state index in [1.54, 1.807) is 12.1 Å². The Morgan fingerprint density at radius 2 is 2.20 bits per heavy atom. The molecule has 2 aromatic heterocycles. The molecule has 7 nitrogen and oxygen atoms in total. The lowest BCUT2D eigenvalue weighted by Crippen LogP contribution is -2.47. The van der Waals surface area contributed by atoms with Gasteiger partial charge < -0.3 is 4.90 Å². The summed E-state index contributed by atoms with van der Waals surface area (Å²) < 4.78 is 18.4. The van der Waals surface area contributed by atoms with Crippen LogP contribution in [0.4, 0.5) is 4.39 Å². The largest absolute Gasteiger partial charge is 0.330 e. The molecule has 154 valence electrons. The van der Waals surface area contributed by atoms with Crippen LogP contribution < -0.4 is 0 Å². The van der Waals surface area contributed by atoms with Crippen molar-refractivity contribution in [3.8, 4) is 11.3 Å². The fourth-order valence-electron chi connectivity index (χ4n) is 5.19. The molecule has 3 aromatic rings. The van der Waals surface area contributed by atoms with Gasteiger partial charge in [-0.25, -0.2) is 4.39 Å². The van der Waals surface area contributed by atoms with E-state index < -0.39 is 0 Å². The van der Waals surface area contributed by atoms with Gasteiger partial charge in [0, 0.05) is 48.8 Å². The van der Waals surface area contributed by atoms with Crippen LogP contribution in [0.15, 0.2) is 24.3 Å². The lowest BCUT2D eigenvalue weighted by atomic mass is 10.0. The Morgan fingerprint density at radius 1 is 1.30 bits per heavy atom. The highest BCUT2D eigenvalue weighted by molar-refractivity contribution is 7.05. The number of aromatic amines is 1. The molecular formula is C21H21FN6OS. The molecular weight excluding hydrogens is 403 g/mol. The molecule has 0 unspecified atom stereocenters. The van der Waals surface area contributed by atoms with E-state index in [1.807, 2.05) is 6.07 Å². The Morgan fingerprint density at radius 3 is 3.10 bits per heavy atom. The number of hydrogen-bond donors (Lipinski definition) is 1. The number of rotatable bonds is 3. The van der Waals surface area contributed by atoms with Crippen LogP contribution in [0, 0.1) is 5.82 Å². The molecule has 1 fully saturated rings. The quantitative estimate of drug-likeness (QED) is 0.700. The van der Waals surface area contributed by atoms with Gasteiger partial charge in [0.2, 0.25) is 5.91 Å². The third kappa shape index (κ3) is 2.79. The maximum Gasteiger partial charge on any atom is 0.237 e. The van der Waals surface area contributed by atoms with Crippen molar-refractivity contribution in [2.24, 2.45) is 0 Å². The minimum absolute atomic E-state index is 0.134. The summed E-state index contributed by atoms with van der Waals surface area (Å²) in [5, 5.41) is 11.7. The topological polar surface area (TPSA) is 78.0 Å². The number of aromatic nitrogens is 4. The highest BCUT2D eigenvalue weighted by Crippen LogP contribution is 2.44. The first-order chi connectivity index (χ1) is 14.7. The van der Waals surface area contributed by atoms with Crippen LogP contribution >= 0.6 is 11.5 Å². The summed E-state index contributed by atoms with van der Waals surface area (Å²) in [6, 6.07) is 7.08. The molecule has 1 N–H and O–H groups in total. The smallest absolute Gasteiger partial charge is 0.237 e. The number of carbonyl (C=O) groups is 1. The van der Waals surface area contributed by atoms with Crippen LogP contribution in [0.2, 0.25) is 0 Å². The van der Waals surface area contributed by atoms with E-state index in [9.17, 15) is 9.18 Å². The zero-order valence-electron chi connectivity index (χ0n) is 16.3. The number of hydrogen-bond acceptors (Lipinski definition) is 6. The van der Waals surface area contributed by atoms with E-state index in [0.717, 1.165) is 54.1 Å². The van der Waals surface area contributed by atoms with Crippen molar-refractivity contribution in [1.82, 2.24) is 29.6 Å². The van der Waals surface area contributed by atoms with Gasteiger partial charge in [-0.3, -0.25) is 14.8 Å². The average molecular weight is 425 g/mol. The number of nitrogens with zero attached hydrogens (tertiary/aromatic N) is 5. The highest BCUT2D eigenvalue weighted by Gasteiger charge is 2.44. The van der Waals surface area contributed by atoms with Crippen molar-refractivity contribution in [2.75, 3.05) is 13.1 Å². The molecule has 3 aliphatic rings. The van der Waals surface area contributed by atoms with E-state index in [-0.39, 0.29) is 23.8 Å².